The maximum absolute atomic E-state index is 2.45. The van der Waals surface area contributed by atoms with Gasteiger partial charge in [-0.2, -0.15) is 0 Å². The molecule has 2 unspecified atom stereocenters. The van der Waals surface area contributed by atoms with Crippen molar-refractivity contribution in [2.75, 3.05) is 0 Å². The summed E-state index contributed by atoms with van der Waals surface area (Å²) in [4.78, 5) is 0. The molecule has 1 aliphatic carbocycles. The molecule has 0 aliphatic heterocycles. The van der Waals surface area contributed by atoms with Gasteiger partial charge in [0.2, 0.25) is 0 Å². The monoisotopic (exact) mass is 166 g/mol. The average Bonchev–Trinajstić information content (AvgIpc) is 2.09. The van der Waals surface area contributed by atoms with Crippen molar-refractivity contribution in [3.63, 3.8) is 0 Å². The lowest BCUT2D eigenvalue weighted by Crippen LogP contribution is -2.05. The van der Waals surface area contributed by atoms with Crippen LogP contribution in [0.1, 0.15) is 52.4 Å². The van der Waals surface area contributed by atoms with Gasteiger partial charge in [-0.1, -0.05) is 45.3 Å². The smallest absolute Gasteiger partial charge is 0.0233 e. The molecule has 0 aromatic heterocycles. The van der Waals surface area contributed by atoms with Crippen molar-refractivity contribution < 1.29 is 0 Å². The van der Waals surface area contributed by atoms with Crippen LogP contribution >= 0.6 is 0 Å². The molecule has 0 fully saturated rings. The number of allylic oxidation sites excluding steroid dienone is 2. The Balaban J connectivity index is 2.13. The molecule has 1 rings (SSSR count). The second-order valence-electron chi connectivity index (χ2n) is 4.20. The molecule has 0 aromatic rings. The summed E-state index contributed by atoms with van der Waals surface area (Å²) in [5.74, 6) is 1.75. The fraction of sp³-hybridized carbons (Fsp3) is 0.833. The largest absolute Gasteiger partial charge is 0.0854 e. The minimum absolute atomic E-state index is 0.840. The molecule has 1 aliphatic rings. The number of rotatable bonds is 4. The fourth-order valence-corrected chi connectivity index (χ4v) is 1.91. The van der Waals surface area contributed by atoms with Crippen LogP contribution in [0.2, 0.25) is 0 Å². The standard InChI is InChI=1S/C12H22/c1-3-4-5-6-12-9-7-11(2)8-10-12/h7,9,11-12H,3-6,8,10H2,1-2H3. The lowest BCUT2D eigenvalue weighted by atomic mass is 9.86. The Hall–Kier alpha value is -0.260. The Morgan fingerprint density at radius 2 is 2.00 bits per heavy atom. The summed E-state index contributed by atoms with van der Waals surface area (Å²) < 4.78 is 0. The molecule has 0 heteroatoms. The van der Waals surface area contributed by atoms with Gasteiger partial charge in [-0.25, -0.2) is 0 Å². The van der Waals surface area contributed by atoms with Crippen LogP contribution < -0.4 is 0 Å². The molecule has 0 saturated heterocycles. The quantitative estimate of drug-likeness (QED) is 0.434. The zero-order valence-corrected chi connectivity index (χ0v) is 8.55. The first-order chi connectivity index (χ1) is 5.83. The minimum Gasteiger partial charge on any atom is -0.0854 e. The maximum atomic E-state index is 2.45. The van der Waals surface area contributed by atoms with Gasteiger partial charge < -0.3 is 0 Å². The van der Waals surface area contributed by atoms with Gasteiger partial charge in [-0.15, -0.1) is 0 Å². The van der Waals surface area contributed by atoms with Crippen LogP contribution in [0, 0.1) is 11.8 Å². The van der Waals surface area contributed by atoms with Gasteiger partial charge in [-0.05, 0) is 31.1 Å². The normalized spacial score (nSPS) is 29.2. The molecule has 70 valence electrons. The first kappa shape index (κ1) is 9.83. The van der Waals surface area contributed by atoms with E-state index in [0.29, 0.717) is 0 Å². The Kier molecular flexibility index (Phi) is 4.42. The van der Waals surface area contributed by atoms with Crippen molar-refractivity contribution in [3.8, 4) is 0 Å². The molecule has 0 N–H and O–H groups in total. The predicted molar refractivity (Wildman–Crippen MR) is 55.2 cm³/mol. The molecule has 0 heterocycles. The highest BCUT2D eigenvalue weighted by atomic mass is 14.2. The van der Waals surface area contributed by atoms with Crippen LogP contribution in [-0.2, 0) is 0 Å². The summed E-state index contributed by atoms with van der Waals surface area (Å²) in [6.07, 6.45) is 13.3. The molecule has 12 heavy (non-hydrogen) atoms. The average molecular weight is 166 g/mol. The van der Waals surface area contributed by atoms with Crippen LogP contribution in [0.15, 0.2) is 12.2 Å². The van der Waals surface area contributed by atoms with E-state index in [1.165, 1.54) is 38.5 Å². The highest BCUT2D eigenvalue weighted by molar-refractivity contribution is 4.96. The predicted octanol–water partition coefficient (Wildman–Crippen LogP) is 4.17. The second-order valence-corrected chi connectivity index (χ2v) is 4.20. The topological polar surface area (TPSA) is 0 Å². The number of hydrogen-bond acceptors (Lipinski definition) is 0. The third-order valence-electron chi connectivity index (χ3n) is 2.88. The van der Waals surface area contributed by atoms with Crippen molar-refractivity contribution in [1.29, 1.82) is 0 Å². The van der Waals surface area contributed by atoms with Crippen LogP contribution in [0.5, 0.6) is 0 Å². The van der Waals surface area contributed by atoms with Crippen LogP contribution in [0.3, 0.4) is 0 Å². The van der Waals surface area contributed by atoms with Gasteiger partial charge in [0, 0.05) is 0 Å². The van der Waals surface area contributed by atoms with Crippen LogP contribution in [0.4, 0.5) is 0 Å². The van der Waals surface area contributed by atoms with E-state index in [9.17, 15) is 0 Å². The summed E-state index contributed by atoms with van der Waals surface area (Å²) in [5, 5.41) is 0. The molecular formula is C12H22. The first-order valence-electron chi connectivity index (χ1n) is 5.51. The van der Waals surface area contributed by atoms with Crippen molar-refractivity contribution in [2.24, 2.45) is 11.8 Å². The Morgan fingerprint density at radius 1 is 1.17 bits per heavy atom. The third kappa shape index (κ3) is 3.42. The molecule has 0 aromatic carbocycles. The third-order valence-corrected chi connectivity index (χ3v) is 2.88. The van der Waals surface area contributed by atoms with Crippen LogP contribution in [-0.4, -0.2) is 0 Å². The van der Waals surface area contributed by atoms with Crippen molar-refractivity contribution >= 4 is 0 Å². The number of unbranched alkanes of at least 4 members (excludes halogenated alkanes) is 2. The van der Waals surface area contributed by atoms with Gasteiger partial charge in [-0.3, -0.25) is 0 Å². The van der Waals surface area contributed by atoms with E-state index >= 15 is 0 Å². The van der Waals surface area contributed by atoms with E-state index in [4.69, 9.17) is 0 Å². The SMILES string of the molecule is CCCCCC1C=CC(C)CC1. The van der Waals surface area contributed by atoms with Crippen molar-refractivity contribution in [2.45, 2.75) is 52.4 Å². The van der Waals surface area contributed by atoms with Gasteiger partial charge >= 0.3 is 0 Å². The van der Waals surface area contributed by atoms with Crippen molar-refractivity contribution in [3.05, 3.63) is 12.2 Å². The summed E-state index contributed by atoms with van der Waals surface area (Å²) in [5.41, 5.74) is 0. The van der Waals surface area contributed by atoms with Gasteiger partial charge in [0.15, 0.2) is 0 Å². The summed E-state index contributed by atoms with van der Waals surface area (Å²) in [7, 11) is 0. The lowest BCUT2D eigenvalue weighted by Gasteiger charge is -2.19. The summed E-state index contributed by atoms with van der Waals surface area (Å²) in [6, 6.07) is 0. The summed E-state index contributed by atoms with van der Waals surface area (Å²) >= 11 is 0. The second kappa shape index (κ2) is 5.40. The van der Waals surface area contributed by atoms with Gasteiger partial charge in [0.05, 0.1) is 0 Å². The zero-order chi connectivity index (χ0) is 8.81. The van der Waals surface area contributed by atoms with E-state index < -0.39 is 0 Å². The molecule has 0 bridgehead atoms. The van der Waals surface area contributed by atoms with E-state index in [1.807, 2.05) is 0 Å². The lowest BCUT2D eigenvalue weighted by molar-refractivity contribution is 0.437. The fourth-order valence-electron chi connectivity index (χ4n) is 1.91. The van der Waals surface area contributed by atoms with E-state index in [2.05, 4.69) is 26.0 Å². The molecule has 0 saturated carbocycles. The van der Waals surface area contributed by atoms with E-state index in [-0.39, 0.29) is 0 Å². The molecular weight excluding hydrogens is 144 g/mol. The Labute approximate surface area is 77.1 Å². The van der Waals surface area contributed by atoms with E-state index in [1.54, 1.807) is 0 Å². The Morgan fingerprint density at radius 3 is 2.58 bits per heavy atom. The Bertz CT molecular complexity index is 135. The molecule has 0 amide bonds. The molecule has 2 atom stereocenters. The molecule has 0 radical (unpaired) electrons. The van der Waals surface area contributed by atoms with E-state index in [0.717, 1.165) is 11.8 Å². The molecule has 0 nitrogen and oxygen atoms in total. The van der Waals surface area contributed by atoms with Gasteiger partial charge in [0.25, 0.3) is 0 Å². The summed E-state index contributed by atoms with van der Waals surface area (Å²) in [6.45, 7) is 4.59. The highest BCUT2D eigenvalue weighted by Gasteiger charge is 2.11. The van der Waals surface area contributed by atoms with Crippen LogP contribution in [0.25, 0.3) is 0 Å². The van der Waals surface area contributed by atoms with Crippen molar-refractivity contribution in [1.82, 2.24) is 0 Å². The highest BCUT2D eigenvalue weighted by Crippen LogP contribution is 2.25. The number of hydrogen-bond donors (Lipinski definition) is 0. The molecule has 0 spiro atoms. The zero-order valence-electron chi connectivity index (χ0n) is 8.55. The van der Waals surface area contributed by atoms with Gasteiger partial charge in [0.1, 0.15) is 0 Å². The first-order valence-corrected chi connectivity index (χ1v) is 5.51. The maximum Gasteiger partial charge on any atom is -0.0233 e. The minimum atomic E-state index is 0.840.